The van der Waals surface area contributed by atoms with Crippen molar-refractivity contribution >= 4 is 11.9 Å². The minimum Gasteiger partial charge on any atom is -0.379 e. The number of hydrogen-bond donors (Lipinski definition) is 2. The van der Waals surface area contributed by atoms with Crippen LogP contribution in [0.5, 0.6) is 0 Å². The number of aromatic nitrogens is 2. The van der Waals surface area contributed by atoms with E-state index in [0.717, 1.165) is 32.8 Å². The number of ether oxygens (including phenoxy) is 1. The third-order valence-electron chi connectivity index (χ3n) is 4.34. The number of anilines is 1. The first-order valence-corrected chi connectivity index (χ1v) is 9.11. The van der Waals surface area contributed by atoms with Crippen LogP contribution in [0, 0.1) is 5.82 Å². The van der Waals surface area contributed by atoms with Crippen molar-refractivity contribution in [3.05, 3.63) is 53.6 Å². The van der Waals surface area contributed by atoms with Crippen LogP contribution in [0.2, 0.25) is 0 Å². The van der Waals surface area contributed by atoms with Crippen LogP contribution in [0.15, 0.2) is 36.5 Å². The average molecular weight is 373 g/mol. The molecule has 0 radical (unpaired) electrons. The fraction of sp³-hybridized carbons (Fsp3) is 0.421. The van der Waals surface area contributed by atoms with Crippen LogP contribution in [0.3, 0.4) is 0 Å². The number of rotatable bonds is 8. The van der Waals surface area contributed by atoms with E-state index < -0.39 is 0 Å². The van der Waals surface area contributed by atoms with E-state index in [0.29, 0.717) is 31.0 Å². The molecule has 7 nitrogen and oxygen atoms in total. The zero-order valence-electron chi connectivity index (χ0n) is 15.2. The molecule has 2 heterocycles. The second-order valence-corrected chi connectivity index (χ2v) is 6.24. The Morgan fingerprint density at radius 3 is 2.81 bits per heavy atom. The molecule has 1 fully saturated rings. The summed E-state index contributed by atoms with van der Waals surface area (Å²) in [4.78, 5) is 22.9. The monoisotopic (exact) mass is 373 g/mol. The number of nitrogens with one attached hydrogen (secondary N) is 2. The summed E-state index contributed by atoms with van der Waals surface area (Å²) in [5.41, 5.74) is 0.860. The van der Waals surface area contributed by atoms with Gasteiger partial charge in [0.05, 0.1) is 13.2 Å². The molecule has 3 rings (SSSR count). The van der Waals surface area contributed by atoms with Crippen LogP contribution in [0.25, 0.3) is 0 Å². The number of amides is 1. The lowest BCUT2D eigenvalue weighted by molar-refractivity contribution is 0.0398. The minimum absolute atomic E-state index is 0.263. The molecular formula is C19H24FN5O2. The molecule has 1 aromatic carbocycles. The standard InChI is InChI=1S/C19H24FN5O2/c20-16-4-2-1-3-15(16)5-7-21-18(26)17-6-8-22-19(24-17)23-9-10-25-11-13-27-14-12-25/h1-4,6,8H,5,7,9-14H2,(H,21,26)(H,22,23,24). The Balaban J connectivity index is 1.44. The Morgan fingerprint density at radius 1 is 1.19 bits per heavy atom. The van der Waals surface area contributed by atoms with Crippen LogP contribution < -0.4 is 10.6 Å². The molecule has 1 saturated heterocycles. The maximum atomic E-state index is 13.6. The van der Waals surface area contributed by atoms with Crippen LogP contribution in [-0.2, 0) is 11.2 Å². The predicted molar refractivity (Wildman–Crippen MR) is 100 cm³/mol. The number of nitrogens with zero attached hydrogens (tertiary/aromatic N) is 3. The fourth-order valence-electron chi connectivity index (χ4n) is 2.82. The first kappa shape index (κ1) is 19.2. The highest BCUT2D eigenvalue weighted by Gasteiger charge is 2.11. The van der Waals surface area contributed by atoms with E-state index in [2.05, 4.69) is 25.5 Å². The highest BCUT2D eigenvalue weighted by molar-refractivity contribution is 5.92. The molecule has 2 aromatic rings. The van der Waals surface area contributed by atoms with Gasteiger partial charge in [-0.15, -0.1) is 0 Å². The van der Waals surface area contributed by atoms with Crippen molar-refractivity contribution in [2.75, 3.05) is 51.3 Å². The average Bonchev–Trinajstić information content (AvgIpc) is 2.70. The third kappa shape index (κ3) is 5.97. The smallest absolute Gasteiger partial charge is 0.270 e. The first-order chi connectivity index (χ1) is 13.2. The van der Waals surface area contributed by atoms with Crippen molar-refractivity contribution in [1.29, 1.82) is 0 Å². The topological polar surface area (TPSA) is 79.4 Å². The normalized spacial score (nSPS) is 14.7. The highest BCUT2D eigenvalue weighted by atomic mass is 19.1. The molecule has 1 aliphatic heterocycles. The molecule has 0 atom stereocenters. The zero-order valence-corrected chi connectivity index (χ0v) is 15.2. The zero-order chi connectivity index (χ0) is 18.9. The van der Waals surface area contributed by atoms with Crippen LogP contribution >= 0.6 is 0 Å². The van der Waals surface area contributed by atoms with Gasteiger partial charge >= 0.3 is 0 Å². The van der Waals surface area contributed by atoms with Gasteiger partial charge in [-0.2, -0.15) is 0 Å². The van der Waals surface area contributed by atoms with Gasteiger partial charge in [0.25, 0.3) is 5.91 Å². The Bertz CT molecular complexity index is 752. The van der Waals surface area contributed by atoms with Gasteiger partial charge in [-0.25, -0.2) is 14.4 Å². The number of morpholine rings is 1. The molecule has 27 heavy (non-hydrogen) atoms. The maximum Gasteiger partial charge on any atom is 0.270 e. The van der Waals surface area contributed by atoms with Crippen molar-refractivity contribution in [1.82, 2.24) is 20.2 Å². The molecule has 0 spiro atoms. The van der Waals surface area contributed by atoms with Crippen molar-refractivity contribution in [2.45, 2.75) is 6.42 Å². The summed E-state index contributed by atoms with van der Waals surface area (Å²) in [6.45, 7) is 5.27. The summed E-state index contributed by atoms with van der Waals surface area (Å²) >= 11 is 0. The molecular weight excluding hydrogens is 349 g/mol. The molecule has 2 N–H and O–H groups in total. The fourth-order valence-corrected chi connectivity index (χ4v) is 2.82. The van der Waals surface area contributed by atoms with Gasteiger partial charge in [0.1, 0.15) is 11.5 Å². The largest absolute Gasteiger partial charge is 0.379 e. The Hall–Kier alpha value is -2.58. The van der Waals surface area contributed by atoms with E-state index >= 15 is 0 Å². The van der Waals surface area contributed by atoms with Gasteiger partial charge in [-0.05, 0) is 24.1 Å². The Labute approximate surface area is 158 Å². The van der Waals surface area contributed by atoms with Gasteiger partial charge in [-0.1, -0.05) is 18.2 Å². The highest BCUT2D eigenvalue weighted by Crippen LogP contribution is 2.06. The lowest BCUT2D eigenvalue weighted by atomic mass is 10.1. The van der Waals surface area contributed by atoms with Crippen molar-refractivity contribution in [2.24, 2.45) is 0 Å². The van der Waals surface area contributed by atoms with Crippen LogP contribution in [0.4, 0.5) is 10.3 Å². The van der Waals surface area contributed by atoms with Gasteiger partial charge in [-0.3, -0.25) is 9.69 Å². The van der Waals surface area contributed by atoms with Crippen molar-refractivity contribution < 1.29 is 13.9 Å². The van der Waals surface area contributed by atoms with E-state index in [4.69, 9.17) is 4.74 Å². The van der Waals surface area contributed by atoms with Crippen LogP contribution in [0.1, 0.15) is 16.1 Å². The summed E-state index contributed by atoms with van der Waals surface area (Å²) in [6.07, 6.45) is 1.98. The number of carbonyl (C=O) groups excluding carboxylic acids is 1. The Morgan fingerprint density at radius 2 is 2.00 bits per heavy atom. The van der Waals surface area contributed by atoms with E-state index in [1.807, 2.05) is 0 Å². The number of halogens is 1. The lowest BCUT2D eigenvalue weighted by Crippen LogP contribution is -2.39. The second kappa shape index (κ2) is 9.94. The molecule has 1 aromatic heterocycles. The van der Waals surface area contributed by atoms with Gasteiger partial charge in [0.2, 0.25) is 5.95 Å². The van der Waals surface area contributed by atoms with E-state index in [1.165, 1.54) is 6.07 Å². The molecule has 1 aliphatic rings. The van der Waals surface area contributed by atoms with Gasteiger partial charge in [0.15, 0.2) is 0 Å². The summed E-state index contributed by atoms with van der Waals surface area (Å²) in [7, 11) is 0. The SMILES string of the molecule is O=C(NCCc1ccccc1F)c1ccnc(NCCN2CCOCC2)n1. The summed E-state index contributed by atoms with van der Waals surface area (Å²) in [5.74, 6) is -0.143. The molecule has 1 amide bonds. The maximum absolute atomic E-state index is 13.6. The lowest BCUT2D eigenvalue weighted by Gasteiger charge is -2.26. The van der Waals surface area contributed by atoms with Crippen molar-refractivity contribution in [3.8, 4) is 0 Å². The third-order valence-corrected chi connectivity index (χ3v) is 4.34. The predicted octanol–water partition coefficient (Wildman–Crippen LogP) is 1.33. The number of hydrogen-bond acceptors (Lipinski definition) is 6. The van der Waals surface area contributed by atoms with Gasteiger partial charge < -0.3 is 15.4 Å². The molecule has 0 unspecified atom stereocenters. The summed E-state index contributed by atoms with van der Waals surface area (Å²) in [6, 6.07) is 8.11. The quantitative estimate of drug-likeness (QED) is 0.727. The summed E-state index contributed by atoms with van der Waals surface area (Å²) < 4.78 is 18.9. The second-order valence-electron chi connectivity index (χ2n) is 6.24. The van der Waals surface area contributed by atoms with E-state index in [9.17, 15) is 9.18 Å². The van der Waals surface area contributed by atoms with E-state index in [-0.39, 0.29) is 17.4 Å². The number of carbonyl (C=O) groups is 1. The number of benzene rings is 1. The molecule has 0 aliphatic carbocycles. The van der Waals surface area contributed by atoms with Crippen molar-refractivity contribution in [3.63, 3.8) is 0 Å². The first-order valence-electron chi connectivity index (χ1n) is 9.11. The van der Waals surface area contributed by atoms with E-state index in [1.54, 1.807) is 30.5 Å². The Kier molecular flexibility index (Phi) is 7.06. The summed E-state index contributed by atoms with van der Waals surface area (Å²) in [5, 5.41) is 5.91. The molecule has 8 heteroatoms. The van der Waals surface area contributed by atoms with Gasteiger partial charge in [0, 0.05) is 38.9 Å². The minimum atomic E-state index is -0.301. The molecule has 0 saturated carbocycles. The van der Waals surface area contributed by atoms with Crippen LogP contribution in [-0.4, -0.2) is 66.7 Å². The molecule has 144 valence electrons. The molecule has 0 bridgehead atoms.